The van der Waals surface area contributed by atoms with Gasteiger partial charge in [0.2, 0.25) is 0 Å². The summed E-state index contributed by atoms with van der Waals surface area (Å²) in [5.41, 5.74) is 8.23. The van der Waals surface area contributed by atoms with E-state index in [1.54, 1.807) is 17.5 Å². The molecule has 0 bridgehead atoms. The molecule has 0 atom stereocenters. The number of aromatic nitrogens is 2. The van der Waals surface area contributed by atoms with E-state index in [4.69, 9.17) is 17.3 Å². The van der Waals surface area contributed by atoms with Crippen LogP contribution in [0.15, 0.2) is 12.3 Å². The molecule has 0 spiro atoms. The summed E-state index contributed by atoms with van der Waals surface area (Å²) in [6.07, 6.45) is 1.70. The Bertz CT molecular complexity index is 606. The fraction of sp³-hybridized carbons (Fsp3) is 0.333. The number of nitrogens with one attached hydrogen (secondary N) is 1. The number of aryl methyl sites for hydroxylation is 2. The van der Waals surface area contributed by atoms with Gasteiger partial charge >= 0.3 is 0 Å². The Morgan fingerprint density at radius 2 is 2.28 bits per heavy atom. The second-order valence-corrected chi connectivity index (χ2v) is 4.56. The summed E-state index contributed by atoms with van der Waals surface area (Å²) >= 11 is 6.01. The molecule has 18 heavy (non-hydrogen) atoms. The monoisotopic (exact) mass is 266 g/mol. The molecule has 3 N–H and O–H groups in total. The third-order valence-electron chi connectivity index (χ3n) is 2.69. The van der Waals surface area contributed by atoms with E-state index in [1.165, 1.54) is 0 Å². The molecule has 0 unspecified atom stereocenters. The Labute approximate surface area is 110 Å². The summed E-state index contributed by atoms with van der Waals surface area (Å²) < 4.78 is 1.72. The van der Waals surface area contributed by atoms with Crippen molar-refractivity contribution >= 4 is 23.2 Å². The van der Waals surface area contributed by atoms with E-state index < -0.39 is 0 Å². The SMILES string of the molecule is Cc1nc2c(C)cc(Cl)cn2c1C(=O)NCCN. The van der Waals surface area contributed by atoms with E-state index in [0.717, 1.165) is 11.2 Å². The summed E-state index contributed by atoms with van der Waals surface area (Å²) in [7, 11) is 0. The zero-order valence-corrected chi connectivity index (χ0v) is 11.1. The number of halogens is 1. The Balaban J connectivity index is 2.56. The van der Waals surface area contributed by atoms with Crippen LogP contribution in [-0.2, 0) is 0 Å². The number of carbonyl (C=O) groups excluding carboxylic acids is 1. The molecule has 0 saturated carbocycles. The van der Waals surface area contributed by atoms with Gasteiger partial charge in [0.1, 0.15) is 11.3 Å². The minimum atomic E-state index is -0.188. The summed E-state index contributed by atoms with van der Waals surface area (Å²) in [6.45, 7) is 4.55. The highest BCUT2D eigenvalue weighted by atomic mass is 35.5. The van der Waals surface area contributed by atoms with Crippen molar-refractivity contribution in [3.05, 3.63) is 34.2 Å². The Morgan fingerprint density at radius 3 is 2.94 bits per heavy atom. The maximum atomic E-state index is 12.1. The van der Waals surface area contributed by atoms with E-state index in [9.17, 15) is 4.79 Å². The van der Waals surface area contributed by atoms with Gasteiger partial charge in [0.25, 0.3) is 5.91 Å². The van der Waals surface area contributed by atoms with Crippen molar-refractivity contribution in [3.8, 4) is 0 Å². The molecule has 0 saturated heterocycles. The van der Waals surface area contributed by atoms with Gasteiger partial charge in [0.15, 0.2) is 0 Å². The minimum absolute atomic E-state index is 0.188. The molecule has 0 aliphatic carbocycles. The van der Waals surface area contributed by atoms with Crippen LogP contribution in [0.1, 0.15) is 21.7 Å². The Morgan fingerprint density at radius 1 is 1.56 bits per heavy atom. The molecule has 2 heterocycles. The van der Waals surface area contributed by atoms with Crippen LogP contribution in [0.3, 0.4) is 0 Å². The van der Waals surface area contributed by atoms with E-state index in [2.05, 4.69) is 10.3 Å². The van der Waals surface area contributed by atoms with Gasteiger partial charge in [0, 0.05) is 19.3 Å². The first-order valence-electron chi connectivity index (χ1n) is 5.67. The van der Waals surface area contributed by atoms with Crippen molar-refractivity contribution in [2.24, 2.45) is 5.73 Å². The molecule has 1 amide bonds. The van der Waals surface area contributed by atoms with Crippen LogP contribution in [0, 0.1) is 13.8 Å². The van der Waals surface area contributed by atoms with Crippen LogP contribution in [0.5, 0.6) is 0 Å². The highest BCUT2D eigenvalue weighted by Gasteiger charge is 2.17. The summed E-state index contributed by atoms with van der Waals surface area (Å²) in [6, 6.07) is 1.82. The zero-order valence-electron chi connectivity index (χ0n) is 10.3. The highest BCUT2D eigenvalue weighted by molar-refractivity contribution is 6.30. The van der Waals surface area contributed by atoms with Crippen LogP contribution < -0.4 is 11.1 Å². The van der Waals surface area contributed by atoms with Crippen LogP contribution in [0.4, 0.5) is 0 Å². The zero-order chi connectivity index (χ0) is 13.3. The number of nitrogens with two attached hydrogens (primary N) is 1. The highest BCUT2D eigenvalue weighted by Crippen LogP contribution is 2.19. The minimum Gasteiger partial charge on any atom is -0.349 e. The van der Waals surface area contributed by atoms with E-state index in [0.29, 0.717) is 29.5 Å². The molecule has 0 aromatic carbocycles. The number of pyridine rings is 1. The predicted molar refractivity (Wildman–Crippen MR) is 71.1 cm³/mol. The van der Waals surface area contributed by atoms with Crippen molar-refractivity contribution in [1.29, 1.82) is 0 Å². The number of rotatable bonds is 3. The third-order valence-corrected chi connectivity index (χ3v) is 2.90. The predicted octanol–water partition coefficient (Wildman–Crippen LogP) is 1.29. The van der Waals surface area contributed by atoms with Gasteiger partial charge in [-0.1, -0.05) is 11.6 Å². The van der Waals surface area contributed by atoms with Gasteiger partial charge in [-0.3, -0.25) is 9.20 Å². The van der Waals surface area contributed by atoms with Crippen LogP contribution >= 0.6 is 11.6 Å². The van der Waals surface area contributed by atoms with Gasteiger partial charge < -0.3 is 11.1 Å². The normalized spacial score (nSPS) is 10.9. The van der Waals surface area contributed by atoms with E-state index >= 15 is 0 Å². The lowest BCUT2D eigenvalue weighted by molar-refractivity contribution is 0.0948. The second kappa shape index (κ2) is 4.96. The fourth-order valence-corrected chi connectivity index (χ4v) is 2.19. The summed E-state index contributed by atoms with van der Waals surface area (Å²) in [5.74, 6) is -0.188. The molecule has 5 nitrogen and oxygen atoms in total. The molecule has 96 valence electrons. The van der Waals surface area contributed by atoms with Gasteiger partial charge in [-0.05, 0) is 25.5 Å². The number of imidazole rings is 1. The topological polar surface area (TPSA) is 72.4 Å². The van der Waals surface area contributed by atoms with Gasteiger partial charge in [-0.25, -0.2) is 4.98 Å². The summed E-state index contributed by atoms with van der Waals surface area (Å²) in [5, 5.41) is 3.31. The average molecular weight is 267 g/mol. The first-order chi connectivity index (χ1) is 8.54. The molecule has 0 radical (unpaired) electrons. The number of nitrogens with zero attached hydrogens (tertiary/aromatic N) is 2. The molecule has 0 aliphatic heterocycles. The van der Waals surface area contributed by atoms with Crippen LogP contribution in [0.2, 0.25) is 5.02 Å². The van der Waals surface area contributed by atoms with E-state index in [1.807, 2.05) is 13.0 Å². The number of carbonyl (C=O) groups is 1. The van der Waals surface area contributed by atoms with Gasteiger partial charge in [0.05, 0.1) is 10.7 Å². The first kappa shape index (κ1) is 12.9. The largest absolute Gasteiger partial charge is 0.349 e. The summed E-state index contributed by atoms with van der Waals surface area (Å²) in [4.78, 5) is 16.4. The van der Waals surface area contributed by atoms with Crippen molar-refractivity contribution in [2.75, 3.05) is 13.1 Å². The van der Waals surface area contributed by atoms with E-state index in [-0.39, 0.29) is 5.91 Å². The van der Waals surface area contributed by atoms with Gasteiger partial charge in [-0.2, -0.15) is 0 Å². The lowest BCUT2D eigenvalue weighted by atomic mass is 10.3. The molecule has 2 rings (SSSR count). The molecule has 2 aromatic rings. The maximum Gasteiger partial charge on any atom is 0.270 e. The van der Waals surface area contributed by atoms with Crippen LogP contribution in [-0.4, -0.2) is 28.4 Å². The quantitative estimate of drug-likeness (QED) is 0.879. The fourth-order valence-electron chi connectivity index (χ4n) is 1.92. The van der Waals surface area contributed by atoms with Crippen molar-refractivity contribution in [3.63, 3.8) is 0 Å². The Kier molecular flexibility index (Phi) is 3.54. The van der Waals surface area contributed by atoms with Crippen molar-refractivity contribution in [2.45, 2.75) is 13.8 Å². The first-order valence-corrected chi connectivity index (χ1v) is 6.05. The average Bonchev–Trinajstić information content (AvgIpc) is 2.63. The molecular weight excluding hydrogens is 252 g/mol. The number of hydrogen-bond acceptors (Lipinski definition) is 3. The second-order valence-electron chi connectivity index (χ2n) is 4.13. The molecule has 0 aliphatic rings. The number of fused-ring (bicyclic) bond motifs is 1. The Hall–Kier alpha value is -1.59. The standard InChI is InChI=1S/C12H15ClN4O/c1-7-5-9(13)6-17-10(8(2)16-11(7)17)12(18)15-4-3-14/h5-6H,3-4,14H2,1-2H3,(H,15,18). The third kappa shape index (κ3) is 2.19. The molecule has 2 aromatic heterocycles. The van der Waals surface area contributed by atoms with Gasteiger partial charge in [-0.15, -0.1) is 0 Å². The van der Waals surface area contributed by atoms with Crippen molar-refractivity contribution in [1.82, 2.24) is 14.7 Å². The molecule has 6 heteroatoms. The smallest absolute Gasteiger partial charge is 0.270 e. The maximum absolute atomic E-state index is 12.1. The lowest BCUT2D eigenvalue weighted by Gasteiger charge is -2.05. The molecular formula is C12H15ClN4O. The number of hydrogen-bond donors (Lipinski definition) is 2. The molecule has 0 fully saturated rings. The lowest BCUT2D eigenvalue weighted by Crippen LogP contribution is -2.30. The van der Waals surface area contributed by atoms with Crippen molar-refractivity contribution < 1.29 is 4.79 Å². The van der Waals surface area contributed by atoms with Crippen LogP contribution in [0.25, 0.3) is 5.65 Å². The number of amides is 1.